The first kappa shape index (κ1) is 24.2. The van der Waals surface area contributed by atoms with Crippen molar-refractivity contribution in [1.82, 2.24) is 4.90 Å². The number of hydrogen-bond acceptors (Lipinski definition) is 4. The molecule has 6 heteroatoms. The van der Waals surface area contributed by atoms with Crippen molar-refractivity contribution in [3.05, 3.63) is 71.8 Å². The number of amides is 1. The van der Waals surface area contributed by atoms with Gasteiger partial charge in [0, 0.05) is 17.2 Å². The lowest BCUT2D eigenvalue weighted by Crippen LogP contribution is -2.56. The fraction of sp³-hybridized carbons (Fsp3) is 0.462. The highest BCUT2D eigenvalue weighted by Crippen LogP contribution is 2.48. The van der Waals surface area contributed by atoms with Crippen LogP contribution in [0.15, 0.2) is 60.7 Å². The molecule has 0 aromatic heterocycles. The molecule has 1 aliphatic heterocycles. The molecule has 0 spiro atoms. The van der Waals surface area contributed by atoms with Crippen molar-refractivity contribution in [1.29, 1.82) is 0 Å². The molecule has 32 heavy (non-hydrogen) atoms. The normalized spacial score (nSPS) is 19.9. The molecule has 1 heterocycles. The van der Waals surface area contributed by atoms with Gasteiger partial charge in [0.1, 0.15) is 22.0 Å². The minimum atomic E-state index is -1.11. The van der Waals surface area contributed by atoms with Gasteiger partial charge in [0.2, 0.25) is 5.91 Å². The van der Waals surface area contributed by atoms with Gasteiger partial charge in [-0.2, -0.15) is 0 Å². The van der Waals surface area contributed by atoms with Gasteiger partial charge in [0.15, 0.2) is 5.72 Å². The largest absolute Gasteiger partial charge is 0.459 e. The Kier molecular flexibility index (Phi) is 6.68. The third-order valence-electron chi connectivity index (χ3n) is 5.96. The molecule has 0 radical (unpaired) electrons. The van der Waals surface area contributed by atoms with Crippen LogP contribution in [0.25, 0.3) is 0 Å². The molecule has 172 valence electrons. The molecule has 2 atom stereocenters. The Morgan fingerprint density at radius 1 is 0.906 bits per heavy atom. The Bertz CT molecular complexity index is 908. The summed E-state index contributed by atoms with van der Waals surface area (Å²) < 4.78 is 12.1. The smallest absolute Gasteiger partial charge is 0.319 e. The monoisotopic (exact) mass is 453 g/mol. The number of rotatable bonds is 5. The van der Waals surface area contributed by atoms with E-state index in [9.17, 15) is 9.59 Å². The van der Waals surface area contributed by atoms with Gasteiger partial charge < -0.3 is 14.1 Å². The van der Waals surface area contributed by atoms with Gasteiger partial charge in [-0.3, -0.25) is 9.59 Å². The molecule has 2 aromatic rings. The standard InChI is InChI=1S/C26H35NO4Si/c1-24(2,3)21-17-20(23(29)30-25(4,5)6)22(28)27(21)26(31-32,18-13-9-7-10-14-18)19-15-11-8-12-16-19/h7-16,20-21H,17H2,1-6,32H3/t20?,21-/m0/s1. The Balaban J connectivity index is 2.21. The van der Waals surface area contributed by atoms with Gasteiger partial charge in [-0.25, -0.2) is 0 Å². The Labute approximate surface area is 194 Å². The summed E-state index contributed by atoms with van der Waals surface area (Å²) in [6, 6.07) is 19.4. The quantitative estimate of drug-likeness (QED) is 0.393. The highest BCUT2D eigenvalue weighted by Gasteiger charge is 2.57. The fourth-order valence-corrected chi connectivity index (χ4v) is 5.21. The zero-order chi connectivity index (χ0) is 23.7. The molecular weight excluding hydrogens is 418 g/mol. The van der Waals surface area contributed by atoms with Crippen molar-refractivity contribution in [2.24, 2.45) is 11.3 Å². The molecule has 1 unspecified atom stereocenters. The van der Waals surface area contributed by atoms with E-state index in [2.05, 4.69) is 20.8 Å². The average Bonchev–Trinajstić information content (AvgIpc) is 3.08. The van der Waals surface area contributed by atoms with Gasteiger partial charge in [-0.05, 0) is 32.6 Å². The SMILES string of the molecule is CC(C)(C)OC(=O)C1C[C@@H](C(C)(C)C)N(C(O[SiH3])(c2ccccc2)c2ccccc2)C1=O. The van der Waals surface area contributed by atoms with E-state index in [0.717, 1.165) is 11.1 Å². The van der Waals surface area contributed by atoms with Crippen LogP contribution in [0.4, 0.5) is 0 Å². The van der Waals surface area contributed by atoms with E-state index in [-0.39, 0.29) is 17.4 Å². The first-order valence-corrected chi connectivity index (χ1v) is 12.0. The van der Waals surface area contributed by atoms with Crippen molar-refractivity contribution < 1.29 is 18.8 Å². The maximum atomic E-state index is 14.0. The predicted molar refractivity (Wildman–Crippen MR) is 129 cm³/mol. The lowest BCUT2D eigenvalue weighted by atomic mass is 9.81. The predicted octanol–water partition coefficient (Wildman–Crippen LogP) is 3.79. The number of benzene rings is 2. The van der Waals surface area contributed by atoms with Crippen LogP contribution >= 0.6 is 0 Å². The van der Waals surface area contributed by atoms with Gasteiger partial charge >= 0.3 is 5.97 Å². The minimum absolute atomic E-state index is 0.220. The van der Waals surface area contributed by atoms with Crippen LogP contribution < -0.4 is 0 Å². The molecule has 1 fully saturated rings. The Hall–Kier alpha value is -2.44. The molecular formula is C26H35NO4Si. The van der Waals surface area contributed by atoms with E-state index < -0.39 is 23.2 Å². The number of nitrogens with zero attached hydrogens (tertiary/aromatic N) is 1. The van der Waals surface area contributed by atoms with Crippen molar-refractivity contribution in [2.45, 2.75) is 65.3 Å². The summed E-state index contributed by atoms with van der Waals surface area (Å²) in [5, 5.41) is 0. The topological polar surface area (TPSA) is 55.8 Å². The molecule has 0 N–H and O–H groups in total. The lowest BCUT2D eigenvalue weighted by Gasteiger charge is -2.48. The highest BCUT2D eigenvalue weighted by molar-refractivity contribution is 6.02. The second-order valence-electron chi connectivity index (χ2n) is 10.5. The van der Waals surface area contributed by atoms with Crippen LogP contribution in [0.1, 0.15) is 59.1 Å². The lowest BCUT2D eigenvalue weighted by molar-refractivity contribution is -0.166. The fourth-order valence-electron chi connectivity index (χ4n) is 4.54. The minimum Gasteiger partial charge on any atom is -0.459 e. The Morgan fingerprint density at radius 2 is 1.38 bits per heavy atom. The van der Waals surface area contributed by atoms with Crippen LogP contribution in [0, 0.1) is 11.3 Å². The van der Waals surface area contributed by atoms with Crippen LogP contribution in [0.3, 0.4) is 0 Å². The number of ether oxygens (including phenoxy) is 1. The number of carbonyl (C=O) groups is 2. The van der Waals surface area contributed by atoms with Crippen molar-refractivity contribution in [3.8, 4) is 0 Å². The maximum absolute atomic E-state index is 14.0. The molecule has 1 saturated heterocycles. The molecule has 1 amide bonds. The van der Waals surface area contributed by atoms with E-state index >= 15 is 0 Å². The Morgan fingerprint density at radius 3 is 1.75 bits per heavy atom. The average molecular weight is 454 g/mol. The van der Waals surface area contributed by atoms with E-state index in [1.165, 1.54) is 0 Å². The molecule has 0 aliphatic carbocycles. The zero-order valence-corrected chi connectivity index (χ0v) is 22.2. The van der Waals surface area contributed by atoms with Crippen LogP contribution in [-0.4, -0.2) is 38.9 Å². The summed E-state index contributed by atoms with van der Waals surface area (Å²) in [6.45, 7) is 11.8. The van der Waals surface area contributed by atoms with Gasteiger partial charge in [0.05, 0.1) is 0 Å². The van der Waals surface area contributed by atoms with Crippen LogP contribution in [-0.2, 0) is 24.5 Å². The van der Waals surface area contributed by atoms with Crippen LogP contribution in [0.2, 0.25) is 0 Å². The van der Waals surface area contributed by atoms with E-state index in [1.54, 1.807) is 0 Å². The molecule has 0 saturated carbocycles. The third-order valence-corrected chi connectivity index (χ3v) is 6.55. The first-order valence-electron chi connectivity index (χ1n) is 11.1. The van der Waals surface area contributed by atoms with E-state index in [4.69, 9.17) is 9.16 Å². The summed E-state index contributed by atoms with van der Waals surface area (Å²) in [4.78, 5) is 28.9. The maximum Gasteiger partial charge on any atom is 0.319 e. The molecule has 1 aliphatic rings. The second-order valence-corrected chi connectivity index (χ2v) is 10.9. The van der Waals surface area contributed by atoms with Crippen molar-refractivity contribution in [3.63, 3.8) is 0 Å². The number of likely N-dealkylation sites (tertiary alicyclic amines) is 1. The second kappa shape index (κ2) is 8.83. The molecule has 0 bridgehead atoms. The van der Waals surface area contributed by atoms with Crippen molar-refractivity contribution >= 4 is 22.4 Å². The molecule has 2 aromatic carbocycles. The number of hydrogen-bond donors (Lipinski definition) is 0. The number of esters is 1. The zero-order valence-electron chi connectivity index (χ0n) is 20.2. The molecule has 5 nitrogen and oxygen atoms in total. The van der Waals surface area contributed by atoms with Gasteiger partial charge in [-0.1, -0.05) is 81.4 Å². The van der Waals surface area contributed by atoms with E-state index in [1.807, 2.05) is 86.3 Å². The van der Waals surface area contributed by atoms with Crippen molar-refractivity contribution in [2.75, 3.05) is 0 Å². The summed E-state index contributed by atoms with van der Waals surface area (Å²) in [5.41, 5.74) is -0.309. The molecule has 3 rings (SSSR count). The highest BCUT2D eigenvalue weighted by atomic mass is 28.2. The van der Waals surface area contributed by atoms with Crippen LogP contribution in [0.5, 0.6) is 0 Å². The van der Waals surface area contributed by atoms with E-state index in [0.29, 0.717) is 16.9 Å². The van der Waals surface area contributed by atoms with Gasteiger partial charge in [-0.15, -0.1) is 0 Å². The number of carbonyl (C=O) groups excluding carboxylic acids is 2. The first-order chi connectivity index (χ1) is 14.9. The van der Waals surface area contributed by atoms with Gasteiger partial charge in [0.25, 0.3) is 0 Å². The summed E-state index contributed by atoms with van der Waals surface area (Å²) in [6.07, 6.45) is 0.392. The summed E-state index contributed by atoms with van der Waals surface area (Å²) in [7, 11) is 0.393. The third kappa shape index (κ3) is 4.52. The summed E-state index contributed by atoms with van der Waals surface area (Å²) >= 11 is 0. The summed E-state index contributed by atoms with van der Waals surface area (Å²) in [5.74, 6) is -1.58.